The summed E-state index contributed by atoms with van der Waals surface area (Å²) in [6, 6.07) is 20.5. The summed E-state index contributed by atoms with van der Waals surface area (Å²) in [5, 5.41) is 3.62. The zero-order valence-electron chi connectivity index (χ0n) is 20.4. The first kappa shape index (κ1) is 22.8. The predicted molar refractivity (Wildman–Crippen MR) is 148 cm³/mol. The second kappa shape index (κ2) is 9.11. The number of nitrogens with one attached hydrogen (secondary N) is 3. The highest BCUT2D eigenvalue weighted by Crippen LogP contribution is 2.31. The fourth-order valence-corrected chi connectivity index (χ4v) is 4.76. The van der Waals surface area contributed by atoms with Crippen LogP contribution in [-0.4, -0.2) is 59.0 Å². The third kappa shape index (κ3) is 4.30. The Bertz CT molecular complexity index is 1680. The molecule has 186 valence electrons. The predicted octanol–water partition coefficient (Wildman–Crippen LogP) is 3.66. The van der Waals surface area contributed by atoms with E-state index in [4.69, 9.17) is 5.73 Å². The number of aromatic amines is 2. The van der Waals surface area contributed by atoms with Crippen LogP contribution in [0.3, 0.4) is 0 Å². The first-order chi connectivity index (χ1) is 18.0. The second-order valence-electron chi connectivity index (χ2n) is 9.40. The Morgan fingerprint density at radius 2 is 1.70 bits per heavy atom. The third-order valence-corrected chi connectivity index (χ3v) is 6.93. The van der Waals surface area contributed by atoms with Crippen molar-refractivity contribution in [1.29, 1.82) is 0 Å². The van der Waals surface area contributed by atoms with Crippen LogP contribution in [0.5, 0.6) is 0 Å². The number of rotatable bonds is 4. The number of hydrogen-bond donors (Lipinski definition) is 4. The Balaban J connectivity index is 1.25. The highest BCUT2D eigenvalue weighted by atomic mass is 16.1. The van der Waals surface area contributed by atoms with E-state index in [2.05, 4.69) is 37.1 Å². The molecule has 0 saturated carbocycles. The quantitative estimate of drug-likeness (QED) is 0.303. The van der Waals surface area contributed by atoms with E-state index in [0.29, 0.717) is 33.4 Å². The molecule has 0 aliphatic carbocycles. The molecule has 1 saturated heterocycles. The number of carbonyl (C=O) groups is 1. The van der Waals surface area contributed by atoms with Gasteiger partial charge in [0.25, 0.3) is 11.5 Å². The topological polar surface area (TPSA) is 123 Å². The van der Waals surface area contributed by atoms with E-state index in [1.54, 1.807) is 24.3 Å². The number of H-pyrrole nitrogens is 2. The van der Waals surface area contributed by atoms with Gasteiger partial charge in [-0.25, -0.2) is 4.98 Å². The Kier molecular flexibility index (Phi) is 5.61. The maximum absolute atomic E-state index is 13.0. The molecular formula is C28H27N7O2. The zero-order chi connectivity index (χ0) is 25.5. The number of fused-ring (bicyclic) bond motifs is 2. The lowest BCUT2D eigenvalue weighted by Gasteiger charge is -2.34. The van der Waals surface area contributed by atoms with Gasteiger partial charge in [0, 0.05) is 54.0 Å². The first-order valence-electron chi connectivity index (χ1n) is 12.2. The summed E-state index contributed by atoms with van der Waals surface area (Å²) in [5.41, 5.74) is 11.5. The van der Waals surface area contributed by atoms with Crippen molar-refractivity contribution in [2.24, 2.45) is 0 Å². The Morgan fingerprint density at radius 1 is 0.946 bits per heavy atom. The van der Waals surface area contributed by atoms with Gasteiger partial charge in [0.2, 0.25) is 0 Å². The van der Waals surface area contributed by atoms with Crippen LogP contribution in [0.1, 0.15) is 10.4 Å². The number of nitrogen functional groups attached to an aromatic ring is 1. The van der Waals surface area contributed by atoms with Gasteiger partial charge in [0.1, 0.15) is 0 Å². The van der Waals surface area contributed by atoms with Crippen molar-refractivity contribution < 1.29 is 4.79 Å². The Hall–Kier alpha value is -4.63. The SMILES string of the molecule is CN1CCN(c2ccc(NC(=O)c3ccc4[nH]c(-c5nc6ccccc6[nH]c5=O)c(N)c4c3)cc2)CC1. The number of carbonyl (C=O) groups excluding carboxylic acids is 1. The fourth-order valence-electron chi connectivity index (χ4n) is 4.76. The van der Waals surface area contributed by atoms with Gasteiger partial charge in [0.05, 0.1) is 22.4 Å². The largest absolute Gasteiger partial charge is 0.396 e. The van der Waals surface area contributed by atoms with Crippen LogP contribution in [0.15, 0.2) is 71.5 Å². The first-order valence-corrected chi connectivity index (χ1v) is 12.2. The van der Waals surface area contributed by atoms with Crippen molar-refractivity contribution in [2.45, 2.75) is 0 Å². The zero-order valence-corrected chi connectivity index (χ0v) is 20.4. The van der Waals surface area contributed by atoms with Crippen LogP contribution in [0.2, 0.25) is 0 Å². The molecule has 0 spiro atoms. The number of likely N-dealkylation sites (N-methyl/N-ethyl adjacent to an activating group) is 1. The van der Waals surface area contributed by atoms with Crippen LogP contribution in [0, 0.1) is 0 Å². The molecule has 1 fully saturated rings. The van der Waals surface area contributed by atoms with E-state index in [1.165, 1.54) is 0 Å². The van der Waals surface area contributed by atoms with E-state index >= 15 is 0 Å². The molecule has 0 atom stereocenters. The number of piperazine rings is 1. The average molecular weight is 494 g/mol. The summed E-state index contributed by atoms with van der Waals surface area (Å²) < 4.78 is 0. The number of anilines is 3. The van der Waals surface area contributed by atoms with Crippen LogP contribution in [0.4, 0.5) is 17.1 Å². The van der Waals surface area contributed by atoms with Gasteiger partial charge in [-0.2, -0.15) is 0 Å². The number of amides is 1. The molecule has 1 amide bonds. The minimum absolute atomic E-state index is 0.207. The van der Waals surface area contributed by atoms with Gasteiger partial charge in [0.15, 0.2) is 5.69 Å². The third-order valence-electron chi connectivity index (χ3n) is 6.93. The molecule has 3 heterocycles. The van der Waals surface area contributed by atoms with E-state index in [1.807, 2.05) is 42.5 Å². The van der Waals surface area contributed by atoms with Gasteiger partial charge < -0.3 is 30.8 Å². The van der Waals surface area contributed by atoms with Gasteiger partial charge in [-0.05, 0) is 61.6 Å². The molecule has 2 aromatic heterocycles. The fraction of sp³-hybridized carbons (Fsp3) is 0.179. The maximum Gasteiger partial charge on any atom is 0.276 e. The van der Waals surface area contributed by atoms with Gasteiger partial charge in [-0.3, -0.25) is 9.59 Å². The summed E-state index contributed by atoms with van der Waals surface area (Å²) in [6.07, 6.45) is 0. The van der Waals surface area contributed by atoms with E-state index in [0.717, 1.165) is 43.1 Å². The summed E-state index contributed by atoms with van der Waals surface area (Å²) in [7, 11) is 2.13. The maximum atomic E-state index is 13.0. The second-order valence-corrected chi connectivity index (χ2v) is 9.40. The van der Waals surface area contributed by atoms with E-state index in [9.17, 15) is 9.59 Å². The van der Waals surface area contributed by atoms with Crippen LogP contribution >= 0.6 is 0 Å². The minimum Gasteiger partial charge on any atom is -0.396 e. The van der Waals surface area contributed by atoms with Crippen LogP contribution in [-0.2, 0) is 0 Å². The minimum atomic E-state index is -0.338. The van der Waals surface area contributed by atoms with Crippen molar-refractivity contribution in [1.82, 2.24) is 19.9 Å². The van der Waals surface area contributed by atoms with Crippen LogP contribution in [0.25, 0.3) is 33.3 Å². The smallest absolute Gasteiger partial charge is 0.276 e. The average Bonchev–Trinajstić information content (AvgIpc) is 3.24. The molecule has 1 aliphatic rings. The van der Waals surface area contributed by atoms with Gasteiger partial charge in [-0.15, -0.1) is 0 Å². The molecule has 6 rings (SSSR count). The summed E-state index contributed by atoms with van der Waals surface area (Å²) in [6.45, 7) is 4.05. The van der Waals surface area contributed by atoms with Crippen molar-refractivity contribution in [3.63, 3.8) is 0 Å². The molecule has 3 aromatic carbocycles. The Morgan fingerprint density at radius 3 is 2.49 bits per heavy atom. The molecule has 9 heteroatoms. The summed E-state index contributed by atoms with van der Waals surface area (Å²) in [5.74, 6) is -0.238. The molecule has 9 nitrogen and oxygen atoms in total. The molecular weight excluding hydrogens is 466 g/mol. The van der Waals surface area contributed by atoms with Crippen LogP contribution < -0.4 is 21.5 Å². The highest BCUT2D eigenvalue weighted by Gasteiger charge is 2.18. The van der Waals surface area contributed by atoms with Gasteiger partial charge in [-0.1, -0.05) is 12.1 Å². The number of nitrogens with zero attached hydrogens (tertiary/aromatic N) is 3. The molecule has 5 N–H and O–H groups in total. The standard InChI is InChI=1S/C28H27N7O2/c1-34-12-14-35(15-13-34)19-9-7-18(8-10-19)30-27(36)17-6-11-21-20(16-17)24(29)25(31-21)26-28(37)33-23-5-3-2-4-22(23)32-26/h2-11,16,31H,12-15,29H2,1H3,(H,30,36)(H,33,37). The highest BCUT2D eigenvalue weighted by molar-refractivity contribution is 6.09. The number of nitrogens with two attached hydrogens (primary N) is 1. The normalized spacial score (nSPS) is 14.4. The van der Waals surface area contributed by atoms with Crippen molar-refractivity contribution in [3.05, 3.63) is 82.6 Å². The number of benzene rings is 3. The summed E-state index contributed by atoms with van der Waals surface area (Å²) >= 11 is 0. The van der Waals surface area contributed by atoms with Crippen molar-refractivity contribution in [2.75, 3.05) is 49.2 Å². The molecule has 5 aromatic rings. The lowest BCUT2D eigenvalue weighted by molar-refractivity contribution is 0.102. The van der Waals surface area contributed by atoms with Crippen molar-refractivity contribution in [3.8, 4) is 11.4 Å². The summed E-state index contributed by atoms with van der Waals surface area (Å²) in [4.78, 5) is 41.0. The lowest BCUT2D eigenvalue weighted by atomic mass is 10.1. The number of aromatic nitrogens is 3. The molecule has 37 heavy (non-hydrogen) atoms. The Labute approximate surface area is 212 Å². The van der Waals surface area contributed by atoms with Crippen molar-refractivity contribution >= 4 is 44.9 Å². The molecule has 0 radical (unpaired) electrons. The molecule has 0 unspecified atom stereocenters. The van der Waals surface area contributed by atoms with E-state index < -0.39 is 0 Å². The molecule has 0 bridgehead atoms. The van der Waals surface area contributed by atoms with Gasteiger partial charge >= 0.3 is 0 Å². The number of para-hydroxylation sites is 2. The monoisotopic (exact) mass is 493 g/mol. The van der Waals surface area contributed by atoms with E-state index in [-0.39, 0.29) is 17.2 Å². The molecule has 1 aliphatic heterocycles. The lowest BCUT2D eigenvalue weighted by Crippen LogP contribution is -2.44. The number of hydrogen-bond acceptors (Lipinski definition) is 6.